The summed E-state index contributed by atoms with van der Waals surface area (Å²) in [5.74, 6) is 0.164. The van der Waals surface area contributed by atoms with Crippen LogP contribution >= 0.6 is 0 Å². The highest BCUT2D eigenvalue weighted by molar-refractivity contribution is 5.35. The fourth-order valence-corrected chi connectivity index (χ4v) is 1.20. The van der Waals surface area contributed by atoms with Crippen molar-refractivity contribution in [2.75, 3.05) is 6.54 Å². The highest BCUT2D eigenvalue weighted by Crippen LogP contribution is 2.19. The molecule has 3 nitrogen and oxygen atoms in total. The molecule has 0 fully saturated rings. The number of aromatic hydroxyl groups is 1. The smallest absolute Gasteiger partial charge is 0.121 e. The van der Waals surface area contributed by atoms with E-state index in [0.29, 0.717) is 12.1 Å². The van der Waals surface area contributed by atoms with Gasteiger partial charge in [-0.05, 0) is 31.0 Å². The molecule has 0 aliphatic heterocycles. The maximum absolute atomic E-state index is 9.40. The number of nitrogens with two attached hydrogens (primary N) is 1. The summed E-state index contributed by atoms with van der Waals surface area (Å²) >= 11 is 0. The minimum absolute atomic E-state index is 0.122. The Morgan fingerprint density at radius 3 is 2.62 bits per heavy atom. The van der Waals surface area contributed by atoms with Crippen molar-refractivity contribution in [2.24, 2.45) is 5.73 Å². The third-order valence-corrected chi connectivity index (χ3v) is 1.99. The molecular formula is C10H15NO2. The lowest BCUT2D eigenvalue weighted by Gasteiger charge is -2.04. The Hall–Kier alpha value is -1.06. The summed E-state index contributed by atoms with van der Waals surface area (Å²) in [7, 11) is 0. The first-order valence-corrected chi connectivity index (χ1v) is 4.39. The van der Waals surface area contributed by atoms with Crippen molar-refractivity contribution < 1.29 is 10.2 Å². The number of hydrogen-bond acceptors (Lipinski definition) is 3. The van der Waals surface area contributed by atoms with E-state index in [1.807, 2.05) is 6.07 Å². The van der Waals surface area contributed by atoms with Crippen LogP contribution in [0.5, 0.6) is 5.75 Å². The van der Waals surface area contributed by atoms with Crippen molar-refractivity contribution in [1.82, 2.24) is 0 Å². The van der Waals surface area contributed by atoms with Crippen LogP contribution in [0.2, 0.25) is 0 Å². The second-order valence-electron chi connectivity index (χ2n) is 3.01. The molecule has 13 heavy (non-hydrogen) atoms. The molecule has 1 aromatic rings. The highest BCUT2D eigenvalue weighted by Gasteiger charge is 2.00. The highest BCUT2D eigenvalue weighted by atomic mass is 16.3. The standard InChI is InChI=1S/C10H15NO2/c11-5-1-2-8-3-4-9(7-12)10(13)6-8/h3-4,6,12-13H,1-2,5,7,11H2. The van der Waals surface area contributed by atoms with Gasteiger partial charge in [-0.15, -0.1) is 0 Å². The second-order valence-corrected chi connectivity index (χ2v) is 3.01. The lowest BCUT2D eigenvalue weighted by atomic mass is 10.1. The van der Waals surface area contributed by atoms with Gasteiger partial charge in [0.25, 0.3) is 0 Å². The van der Waals surface area contributed by atoms with Gasteiger partial charge >= 0.3 is 0 Å². The molecule has 0 aliphatic carbocycles. The molecule has 0 saturated carbocycles. The zero-order valence-electron chi connectivity index (χ0n) is 7.53. The van der Waals surface area contributed by atoms with Crippen molar-refractivity contribution in [3.63, 3.8) is 0 Å². The molecule has 0 amide bonds. The number of hydrogen-bond donors (Lipinski definition) is 3. The molecule has 3 heteroatoms. The minimum atomic E-state index is -0.122. The second kappa shape index (κ2) is 4.84. The summed E-state index contributed by atoms with van der Waals surface area (Å²) < 4.78 is 0. The Morgan fingerprint density at radius 1 is 1.31 bits per heavy atom. The van der Waals surface area contributed by atoms with Crippen molar-refractivity contribution in [1.29, 1.82) is 0 Å². The van der Waals surface area contributed by atoms with E-state index in [4.69, 9.17) is 10.8 Å². The topological polar surface area (TPSA) is 66.5 Å². The Bertz CT molecular complexity index is 274. The summed E-state index contributed by atoms with van der Waals surface area (Å²) in [4.78, 5) is 0. The Balaban J connectivity index is 2.71. The Morgan fingerprint density at radius 2 is 2.08 bits per heavy atom. The SMILES string of the molecule is NCCCc1ccc(CO)c(O)c1. The molecule has 0 radical (unpaired) electrons. The van der Waals surface area contributed by atoms with E-state index < -0.39 is 0 Å². The van der Waals surface area contributed by atoms with E-state index >= 15 is 0 Å². The van der Waals surface area contributed by atoms with Crippen LogP contribution in [0.15, 0.2) is 18.2 Å². The van der Waals surface area contributed by atoms with Gasteiger partial charge in [0.15, 0.2) is 0 Å². The maximum Gasteiger partial charge on any atom is 0.121 e. The lowest BCUT2D eigenvalue weighted by Crippen LogP contribution is -2.00. The molecule has 0 aromatic heterocycles. The number of phenols is 1. The number of aryl methyl sites for hydroxylation is 1. The van der Waals surface area contributed by atoms with Crippen LogP contribution in [0.25, 0.3) is 0 Å². The molecular weight excluding hydrogens is 166 g/mol. The van der Waals surface area contributed by atoms with Gasteiger partial charge in [-0.3, -0.25) is 0 Å². The molecule has 0 heterocycles. The first-order valence-electron chi connectivity index (χ1n) is 4.39. The van der Waals surface area contributed by atoms with Gasteiger partial charge in [0.05, 0.1) is 6.61 Å². The number of rotatable bonds is 4. The van der Waals surface area contributed by atoms with Gasteiger partial charge in [0, 0.05) is 5.56 Å². The minimum Gasteiger partial charge on any atom is -0.508 e. The van der Waals surface area contributed by atoms with Crippen LogP contribution in [-0.4, -0.2) is 16.8 Å². The van der Waals surface area contributed by atoms with Crippen molar-refractivity contribution in [2.45, 2.75) is 19.4 Å². The normalized spacial score (nSPS) is 10.3. The van der Waals surface area contributed by atoms with Crippen LogP contribution in [0, 0.1) is 0 Å². The summed E-state index contributed by atoms with van der Waals surface area (Å²) in [6.45, 7) is 0.533. The summed E-state index contributed by atoms with van der Waals surface area (Å²) in [6, 6.07) is 5.32. The Kier molecular flexibility index (Phi) is 3.73. The average molecular weight is 181 g/mol. The zero-order valence-corrected chi connectivity index (χ0v) is 7.53. The van der Waals surface area contributed by atoms with Crippen LogP contribution in [0.1, 0.15) is 17.5 Å². The third kappa shape index (κ3) is 2.72. The molecule has 0 bridgehead atoms. The molecule has 0 spiro atoms. The molecule has 72 valence electrons. The van der Waals surface area contributed by atoms with Gasteiger partial charge in [0.2, 0.25) is 0 Å². The van der Waals surface area contributed by atoms with Gasteiger partial charge < -0.3 is 15.9 Å². The maximum atomic E-state index is 9.40. The zero-order chi connectivity index (χ0) is 9.68. The van der Waals surface area contributed by atoms with Gasteiger partial charge in [-0.25, -0.2) is 0 Å². The molecule has 1 aromatic carbocycles. The molecule has 0 unspecified atom stereocenters. The van der Waals surface area contributed by atoms with E-state index in [1.54, 1.807) is 12.1 Å². The Labute approximate surface area is 77.8 Å². The monoisotopic (exact) mass is 181 g/mol. The van der Waals surface area contributed by atoms with Crippen LogP contribution in [0.3, 0.4) is 0 Å². The predicted molar refractivity (Wildman–Crippen MR) is 51.4 cm³/mol. The van der Waals surface area contributed by atoms with Crippen molar-refractivity contribution >= 4 is 0 Å². The van der Waals surface area contributed by atoms with Crippen LogP contribution in [0.4, 0.5) is 0 Å². The van der Waals surface area contributed by atoms with Crippen LogP contribution in [-0.2, 0) is 13.0 Å². The van der Waals surface area contributed by atoms with Crippen molar-refractivity contribution in [3.8, 4) is 5.75 Å². The first-order chi connectivity index (χ1) is 6.27. The summed E-state index contributed by atoms with van der Waals surface area (Å²) in [6.07, 6.45) is 1.79. The molecule has 0 aliphatic rings. The van der Waals surface area contributed by atoms with Gasteiger partial charge in [0.1, 0.15) is 5.75 Å². The van der Waals surface area contributed by atoms with E-state index in [2.05, 4.69) is 0 Å². The van der Waals surface area contributed by atoms with Crippen LogP contribution < -0.4 is 5.73 Å². The van der Waals surface area contributed by atoms with E-state index in [1.165, 1.54) is 0 Å². The largest absolute Gasteiger partial charge is 0.508 e. The number of benzene rings is 1. The van der Waals surface area contributed by atoms with Gasteiger partial charge in [-0.1, -0.05) is 12.1 Å². The average Bonchev–Trinajstić information content (AvgIpc) is 2.15. The van der Waals surface area contributed by atoms with Gasteiger partial charge in [-0.2, -0.15) is 0 Å². The fourth-order valence-electron chi connectivity index (χ4n) is 1.20. The molecule has 4 N–H and O–H groups in total. The summed E-state index contributed by atoms with van der Waals surface area (Å²) in [5, 5.41) is 18.2. The predicted octanol–water partition coefficient (Wildman–Crippen LogP) is 0.776. The van der Waals surface area contributed by atoms with E-state index in [0.717, 1.165) is 18.4 Å². The third-order valence-electron chi connectivity index (χ3n) is 1.99. The van der Waals surface area contributed by atoms with E-state index in [9.17, 15) is 5.11 Å². The molecule has 0 atom stereocenters. The first kappa shape index (κ1) is 10.0. The lowest BCUT2D eigenvalue weighted by molar-refractivity contribution is 0.275. The quantitative estimate of drug-likeness (QED) is 0.643. The molecule has 1 rings (SSSR count). The number of aliphatic hydroxyl groups is 1. The summed E-state index contributed by atoms with van der Waals surface area (Å²) in [5.41, 5.74) is 6.99. The van der Waals surface area contributed by atoms with Crippen molar-refractivity contribution in [3.05, 3.63) is 29.3 Å². The number of aliphatic hydroxyl groups excluding tert-OH is 1. The van der Waals surface area contributed by atoms with E-state index in [-0.39, 0.29) is 12.4 Å². The fraction of sp³-hybridized carbons (Fsp3) is 0.400. The molecule has 0 saturated heterocycles.